The molecule has 0 aromatic carbocycles. The standard InChI is InChI=1S/C6H12F2O2Si2/c1-11(2,7)9-5-6-10-12(3,4)8/h1-4H3. The molecule has 70 valence electrons. The second-order valence-electron chi connectivity index (χ2n) is 3.13. The van der Waals surface area contributed by atoms with Crippen molar-refractivity contribution in [2.75, 3.05) is 0 Å². The zero-order valence-corrected chi connectivity index (χ0v) is 9.57. The molecule has 0 rings (SSSR count). The van der Waals surface area contributed by atoms with Gasteiger partial charge in [0.25, 0.3) is 0 Å². The fourth-order valence-corrected chi connectivity index (χ4v) is 0.853. The van der Waals surface area contributed by atoms with E-state index in [0.29, 0.717) is 0 Å². The largest absolute Gasteiger partial charge is 0.467 e. The first kappa shape index (κ1) is 11.5. The summed E-state index contributed by atoms with van der Waals surface area (Å²) in [5.74, 6) is 0. The highest BCUT2D eigenvalue weighted by atomic mass is 28.4. The molecule has 6 heteroatoms. The van der Waals surface area contributed by atoms with Crippen molar-refractivity contribution in [3.63, 3.8) is 0 Å². The van der Waals surface area contributed by atoms with E-state index in [4.69, 9.17) is 0 Å². The molecule has 0 aliphatic carbocycles. The van der Waals surface area contributed by atoms with E-state index in [1.54, 1.807) is 0 Å². The van der Waals surface area contributed by atoms with Crippen LogP contribution in [-0.2, 0) is 8.85 Å². The molecule has 0 amide bonds. The van der Waals surface area contributed by atoms with Crippen LogP contribution < -0.4 is 0 Å². The average Bonchev–Trinajstić information content (AvgIpc) is 1.76. The van der Waals surface area contributed by atoms with Crippen LogP contribution in [0.2, 0.25) is 26.2 Å². The van der Waals surface area contributed by atoms with E-state index in [2.05, 4.69) is 8.85 Å². The molecule has 0 aromatic rings. The van der Waals surface area contributed by atoms with E-state index in [1.165, 1.54) is 26.2 Å². The second kappa shape index (κ2) is 3.91. The summed E-state index contributed by atoms with van der Waals surface area (Å²) in [4.78, 5) is 0. The summed E-state index contributed by atoms with van der Waals surface area (Å²) in [5.41, 5.74) is 0. The molecule has 0 bridgehead atoms. The van der Waals surface area contributed by atoms with Crippen molar-refractivity contribution in [2.24, 2.45) is 0 Å². The Labute approximate surface area is 73.5 Å². The topological polar surface area (TPSA) is 18.5 Å². The third-order valence-electron chi connectivity index (χ3n) is 0.629. The normalized spacial score (nSPS) is 11.5. The highest BCUT2D eigenvalue weighted by Crippen LogP contribution is 2.05. The van der Waals surface area contributed by atoms with Crippen LogP contribution >= 0.6 is 0 Å². The molecular formula is C6H12F2O2Si2. The maximum absolute atomic E-state index is 12.7. The van der Waals surface area contributed by atoms with Crippen LogP contribution in [0.5, 0.6) is 0 Å². The molecule has 0 heterocycles. The highest BCUT2D eigenvalue weighted by molar-refractivity contribution is 6.64. The Morgan fingerprint density at radius 2 is 1.08 bits per heavy atom. The molecule has 2 nitrogen and oxygen atoms in total. The Kier molecular flexibility index (Phi) is 3.73. The van der Waals surface area contributed by atoms with Crippen LogP contribution in [0.25, 0.3) is 0 Å². The minimum Gasteiger partial charge on any atom is -0.467 e. The van der Waals surface area contributed by atoms with E-state index in [0.717, 1.165) is 0 Å². The third kappa shape index (κ3) is 9.45. The molecule has 0 aromatic heterocycles. The van der Waals surface area contributed by atoms with Gasteiger partial charge in [-0.3, -0.25) is 8.22 Å². The monoisotopic (exact) mass is 210 g/mol. The first-order valence-electron chi connectivity index (χ1n) is 3.44. The lowest BCUT2D eigenvalue weighted by Gasteiger charge is -2.07. The minimum absolute atomic E-state index is 1.33. The molecule has 0 aliphatic rings. The van der Waals surface area contributed by atoms with Gasteiger partial charge in [-0.2, -0.15) is 0 Å². The number of hydrogen-bond donors (Lipinski definition) is 0. The minimum atomic E-state index is -3.11. The lowest BCUT2D eigenvalue weighted by Crippen LogP contribution is -2.22. The highest BCUT2D eigenvalue weighted by Gasteiger charge is 2.24. The molecule has 0 spiro atoms. The molecule has 0 atom stereocenters. The molecule has 0 aliphatic heterocycles. The third-order valence-corrected chi connectivity index (χ3v) is 1.80. The van der Waals surface area contributed by atoms with Crippen molar-refractivity contribution in [1.29, 1.82) is 0 Å². The van der Waals surface area contributed by atoms with Crippen LogP contribution in [0.4, 0.5) is 8.22 Å². The van der Waals surface area contributed by atoms with E-state index in [9.17, 15) is 8.22 Å². The Bertz CT molecular complexity index is 176. The van der Waals surface area contributed by atoms with E-state index in [-0.39, 0.29) is 0 Å². The van der Waals surface area contributed by atoms with E-state index in [1.807, 2.05) is 12.2 Å². The SMILES string of the molecule is C[Si](C)(F)OC#CO[Si](C)(C)F. The van der Waals surface area contributed by atoms with Gasteiger partial charge >= 0.3 is 17.3 Å². The summed E-state index contributed by atoms with van der Waals surface area (Å²) in [6.45, 7) is 5.33. The maximum atomic E-state index is 12.7. The van der Waals surface area contributed by atoms with Crippen LogP contribution in [0.15, 0.2) is 0 Å². The summed E-state index contributed by atoms with van der Waals surface area (Å²) in [6, 6.07) is 0. The predicted molar refractivity (Wildman–Crippen MR) is 47.1 cm³/mol. The summed E-state index contributed by atoms with van der Waals surface area (Å²) in [6.07, 6.45) is 3.98. The van der Waals surface area contributed by atoms with Crippen molar-refractivity contribution >= 4 is 17.3 Å². The van der Waals surface area contributed by atoms with Crippen molar-refractivity contribution in [1.82, 2.24) is 0 Å². The maximum Gasteiger partial charge on any atom is 0.443 e. The van der Waals surface area contributed by atoms with Crippen molar-refractivity contribution in [2.45, 2.75) is 26.2 Å². The lowest BCUT2D eigenvalue weighted by atomic mass is 11.2. The smallest absolute Gasteiger partial charge is 0.443 e. The Morgan fingerprint density at radius 1 is 0.833 bits per heavy atom. The van der Waals surface area contributed by atoms with Gasteiger partial charge in [0.2, 0.25) is 0 Å². The van der Waals surface area contributed by atoms with Crippen molar-refractivity contribution in [3.8, 4) is 12.2 Å². The first-order chi connectivity index (χ1) is 5.21. The molecule has 12 heavy (non-hydrogen) atoms. The van der Waals surface area contributed by atoms with Gasteiger partial charge < -0.3 is 8.85 Å². The lowest BCUT2D eigenvalue weighted by molar-refractivity contribution is 0.411. The molecule has 0 unspecified atom stereocenters. The van der Waals surface area contributed by atoms with Gasteiger partial charge in [-0.15, -0.1) is 0 Å². The fraction of sp³-hybridized carbons (Fsp3) is 0.667. The van der Waals surface area contributed by atoms with Crippen molar-refractivity contribution in [3.05, 3.63) is 0 Å². The predicted octanol–water partition coefficient (Wildman–Crippen LogP) is 2.28. The Balaban J connectivity index is 3.77. The van der Waals surface area contributed by atoms with Crippen LogP contribution in [-0.4, -0.2) is 17.3 Å². The van der Waals surface area contributed by atoms with Crippen molar-refractivity contribution < 1.29 is 17.1 Å². The van der Waals surface area contributed by atoms with Gasteiger partial charge in [-0.1, -0.05) is 0 Å². The molecule has 0 radical (unpaired) electrons. The molecule has 0 N–H and O–H groups in total. The van der Waals surface area contributed by atoms with Gasteiger partial charge in [0.05, 0.1) is 0 Å². The van der Waals surface area contributed by atoms with E-state index >= 15 is 0 Å². The number of rotatable bonds is 2. The summed E-state index contributed by atoms with van der Waals surface area (Å²) in [5, 5.41) is 0. The van der Waals surface area contributed by atoms with Gasteiger partial charge in [0.1, 0.15) is 12.2 Å². The number of hydrogen-bond acceptors (Lipinski definition) is 2. The molecule has 0 saturated heterocycles. The molecule has 0 saturated carbocycles. The van der Waals surface area contributed by atoms with Crippen LogP contribution in [0, 0.1) is 12.2 Å². The van der Waals surface area contributed by atoms with E-state index < -0.39 is 17.3 Å². The molecule has 0 fully saturated rings. The second-order valence-corrected chi connectivity index (χ2v) is 9.00. The summed E-state index contributed by atoms with van der Waals surface area (Å²) < 4.78 is 34.3. The fourth-order valence-electron chi connectivity index (χ4n) is 0.284. The van der Waals surface area contributed by atoms with Gasteiger partial charge in [-0.25, -0.2) is 0 Å². The van der Waals surface area contributed by atoms with Gasteiger partial charge in [0, 0.05) is 0 Å². The Hall–Kier alpha value is -0.546. The summed E-state index contributed by atoms with van der Waals surface area (Å²) >= 11 is 0. The van der Waals surface area contributed by atoms with Gasteiger partial charge in [-0.05, 0) is 26.2 Å². The quantitative estimate of drug-likeness (QED) is 0.395. The average molecular weight is 210 g/mol. The first-order valence-corrected chi connectivity index (χ1v) is 9.02. The zero-order chi connectivity index (χ0) is 9.83. The summed E-state index contributed by atoms with van der Waals surface area (Å²) in [7, 11) is -6.23. The number of halogens is 2. The molecular weight excluding hydrogens is 198 g/mol. The zero-order valence-electron chi connectivity index (χ0n) is 7.57. The van der Waals surface area contributed by atoms with Gasteiger partial charge in [0.15, 0.2) is 0 Å². The Morgan fingerprint density at radius 3 is 1.25 bits per heavy atom. The van der Waals surface area contributed by atoms with Crippen LogP contribution in [0.3, 0.4) is 0 Å². The van der Waals surface area contributed by atoms with Crippen LogP contribution in [0.1, 0.15) is 0 Å².